The van der Waals surface area contributed by atoms with Crippen LogP contribution in [0.4, 0.5) is 4.39 Å². The number of hydrogen-bond acceptors (Lipinski definition) is 3. The van der Waals surface area contributed by atoms with Crippen LogP contribution in [-0.2, 0) is 9.31 Å². The zero-order chi connectivity index (χ0) is 15.3. The minimum atomic E-state index is -0.731. The summed E-state index contributed by atoms with van der Waals surface area (Å²) in [4.78, 5) is 0. The lowest BCUT2D eigenvalue weighted by atomic mass is 9.78. The van der Waals surface area contributed by atoms with Crippen molar-refractivity contribution in [1.82, 2.24) is 0 Å². The lowest BCUT2D eigenvalue weighted by Gasteiger charge is -2.32. The van der Waals surface area contributed by atoms with E-state index in [1.54, 1.807) is 12.1 Å². The van der Waals surface area contributed by atoms with Crippen molar-refractivity contribution < 1.29 is 18.4 Å². The summed E-state index contributed by atoms with van der Waals surface area (Å²) >= 11 is 0. The molecule has 2 fully saturated rings. The second-order valence-corrected chi connectivity index (χ2v) is 6.99. The van der Waals surface area contributed by atoms with Crippen LogP contribution in [-0.4, -0.2) is 24.9 Å². The smallest absolute Gasteiger partial charge is 0.494 e. The lowest BCUT2D eigenvalue weighted by molar-refractivity contribution is 0.00578. The van der Waals surface area contributed by atoms with E-state index in [0.717, 1.165) is 0 Å². The molecule has 0 atom stereocenters. The van der Waals surface area contributed by atoms with Crippen LogP contribution in [0.2, 0.25) is 0 Å². The van der Waals surface area contributed by atoms with Gasteiger partial charge in [0.25, 0.3) is 0 Å². The third kappa shape index (κ3) is 2.81. The van der Waals surface area contributed by atoms with Crippen molar-refractivity contribution in [2.45, 2.75) is 51.7 Å². The zero-order valence-corrected chi connectivity index (χ0v) is 13.1. The van der Waals surface area contributed by atoms with Gasteiger partial charge in [-0.2, -0.15) is 0 Å². The highest BCUT2D eigenvalue weighted by Crippen LogP contribution is 2.37. The van der Waals surface area contributed by atoms with Gasteiger partial charge in [0.15, 0.2) is 0 Å². The van der Waals surface area contributed by atoms with Crippen LogP contribution >= 0.6 is 0 Å². The van der Waals surface area contributed by atoms with Crippen molar-refractivity contribution in [3.63, 3.8) is 0 Å². The van der Waals surface area contributed by atoms with Crippen molar-refractivity contribution in [3.05, 3.63) is 24.0 Å². The predicted molar refractivity (Wildman–Crippen MR) is 80.3 cm³/mol. The minimum absolute atomic E-state index is 0.346. The number of benzene rings is 1. The van der Waals surface area contributed by atoms with Gasteiger partial charge in [0.05, 0.1) is 23.3 Å². The Bertz CT molecular complexity index is 524. The Hall–Kier alpha value is -1.07. The molecular formula is C16H22BFO3. The van der Waals surface area contributed by atoms with Gasteiger partial charge in [-0.25, -0.2) is 4.39 Å². The molecule has 0 spiro atoms. The van der Waals surface area contributed by atoms with Crippen LogP contribution in [0.5, 0.6) is 5.75 Å². The van der Waals surface area contributed by atoms with Crippen LogP contribution in [0, 0.1) is 11.7 Å². The third-order valence-electron chi connectivity index (χ3n) is 4.67. The molecule has 21 heavy (non-hydrogen) atoms. The molecule has 1 aromatic rings. The normalized spacial score (nSPS) is 23.4. The van der Waals surface area contributed by atoms with E-state index in [0.29, 0.717) is 23.7 Å². The minimum Gasteiger partial charge on any atom is -0.494 e. The highest BCUT2D eigenvalue weighted by atomic mass is 19.1. The molecule has 1 heterocycles. The molecule has 1 aliphatic carbocycles. The van der Waals surface area contributed by atoms with Crippen molar-refractivity contribution in [2.24, 2.45) is 5.92 Å². The zero-order valence-electron chi connectivity index (χ0n) is 13.1. The molecule has 1 aromatic carbocycles. The SMILES string of the molecule is CC1(C)OB(c2c(F)cccc2OCC2CC2)OC1(C)C. The summed E-state index contributed by atoms with van der Waals surface area (Å²) in [5, 5.41) is 0. The monoisotopic (exact) mass is 292 g/mol. The molecule has 5 heteroatoms. The Morgan fingerprint density at radius 1 is 1.19 bits per heavy atom. The summed E-state index contributed by atoms with van der Waals surface area (Å²) in [6.45, 7) is 8.46. The largest absolute Gasteiger partial charge is 0.501 e. The second kappa shape index (κ2) is 4.99. The number of halogens is 1. The second-order valence-electron chi connectivity index (χ2n) is 6.99. The first-order chi connectivity index (χ1) is 9.80. The van der Waals surface area contributed by atoms with E-state index < -0.39 is 18.3 Å². The van der Waals surface area contributed by atoms with Crippen molar-refractivity contribution in [2.75, 3.05) is 6.61 Å². The van der Waals surface area contributed by atoms with E-state index in [-0.39, 0.29) is 5.82 Å². The Balaban J connectivity index is 1.87. The maximum atomic E-state index is 14.3. The molecule has 2 aliphatic rings. The van der Waals surface area contributed by atoms with E-state index in [2.05, 4.69) is 0 Å². The van der Waals surface area contributed by atoms with Crippen LogP contribution in [0.3, 0.4) is 0 Å². The van der Waals surface area contributed by atoms with Gasteiger partial charge in [-0.1, -0.05) is 6.07 Å². The number of rotatable bonds is 4. The quantitative estimate of drug-likeness (QED) is 0.799. The lowest BCUT2D eigenvalue weighted by Crippen LogP contribution is -2.41. The van der Waals surface area contributed by atoms with Crippen LogP contribution in [0.15, 0.2) is 18.2 Å². The van der Waals surface area contributed by atoms with Crippen molar-refractivity contribution >= 4 is 12.6 Å². The summed E-state index contributed by atoms with van der Waals surface area (Å²) in [6, 6.07) is 4.86. The predicted octanol–water partition coefficient (Wildman–Crippen LogP) is 2.91. The fourth-order valence-electron chi connectivity index (χ4n) is 2.32. The van der Waals surface area contributed by atoms with Gasteiger partial charge in [-0.05, 0) is 58.6 Å². The molecule has 1 saturated heterocycles. The van der Waals surface area contributed by atoms with E-state index >= 15 is 0 Å². The summed E-state index contributed by atoms with van der Waals surface area (Å²) < 4.78 is 32.0. The summed E-state index contributed by atoms with van der Waals surface area (Å²) in [5.41, 5.74) is -0.613. The van der Waals surface area contributed by atoms with Gasteiger partial charge in [0, 0.05) is 0 Å². The molecule has 0 N–H and O–H groups in total. The highest BCUT2D eigenvalue weighted by Gasteiger charge is 2.53. The van der Waals surface area contributed by atoms with E-state index in [4.69, 9.17) is 14.0 Å². The first-order valence-corrected chi connectivity index (χ1v) is 7.57. The molecule has 0 bridgehead atoms. The molecule has 1 saturated carbocycles. The summed E-state index contributed by atoms with van der Waals surface area (Å²) in [6.07, 6.45) is 2.39. The molecule has 114 valence electrons. The van der Waals surface area contributed by atoms with Gasteiger partial charge in [0.2, 0.25) is 0 Å². The Morgan fingerprint density at radius 3 is 2.38 bits per heavy atom. The molecule has 0 unspecified atom stereocenters. The third-order valence-corrected chi connectivity index (χ3v) is 4.67. The number of ether oxygens (including phenoxy) is 1. The van der Waals surface area contributed by atoms with Crippen molar-refractivity contribution in [3.8, 4) is 5.75 Å². The summed E-state index contributed by atoms with van der Waals surface area (Å²) in [7, 11) is -0.731. The van der Waals surface area contributed by atoms with Crippen LogP contribution in [0.25, 0.3) is 0 Å². The Kier molecular flexibility index (Phi) is 3.53. The van der Waals surface area contributed by atoms with E-state index in [9.17, 15) is 4.39 Å². The molecule has 0 amide bonds. The molecular weight excluding hydrogens is 270 g/mol. The fraction of sp³-hybridized carbons (Fsp3) is 0.625. The molecule has 3 nitrogen and oxygen atoms in total. The van der Waals surface area contributed by atoms with Crippen LogP contribution < -0.4 is 10.2 Å². The Labute approximate surface area is 125 Å². The molecule has 1 aliphatic heterocycles. The van der Waals surface area contributed by atoms with Gasteiger partial charge in [0.1, 0.15) is 11.6 Å². The first kappa shape index (κ1) is 14.9. The summed E-state index contributed by atoms with van der Waals surface area (Å²) in [5.74, 6) is 0.793. The Morgan fingerprint density at radius 2 is 1.81 bits per heavy atom. The average Bonchev–Trinajstić information content (AvgIpc) is 3.15. The van der Waals surface area contributed by atoms with Gasteiger partial charge >= 0.3 is 7.12 Å². The average molecular weight is 292 g/mol. The maximum absolute atomic E-state index is 14.3. The van der Waals surface area contributed by atoms with E-state index in [1.807, 2.05) is 27.7 Å². The molecule has 3 rings (SSSR count). The molecule has 0 aromatic heterocycles. The standard InChI is InChI=1S/C16H22BFO3/c1-15(2)16(3,4)21-17(20-15)14-12(18)6-5-7-13(14)19-10-11-8-9-11/h5-7,11H,8-10H2,1-4H3. The molecule has 0 radical (unpaired) electrons. The highest BCUT2D eigenvalue weighted by molar-refractivity contribution is 6.63. The fourth-order valence-corrected chi connectivity index (χ4v) is 2.32. The van der Waals surface area contributed by atoms with Gasteiger partial charge in [-0.15, -0.1) is 0 Å². The topological polar surface area (TPSA) is 27.7 Å². The van der Waals surface area contributed by atoms with Crippen LogP contribution in [0.1, 0.15) is 40.5 Å². The first-order valence-electron chi connectivity index (χ1n) is 7.57. The van der Waals surface area contributed by atoms with E-state index in [1.165, 1.54) is 18.9 Å². The van der Waals surface area contributed by atoms with Crippen molar-refractivity contribution in [1.29, 1.82) is 0 Å². The number of hydrogen-bond donors (Lipinski definition) is 0. The van der Waals surface area contributed by atoms with Gasteiger partial charge in [-0.3, -0.25) is 0 Å². The maximum Gasteiger partial charge on any atom is 0.501 e. The van der Waals surface area contributed by atoms with Gasteiger partial charge < -0.3 is 14.0 Å².